The molecule has 1 aromatic heterocycles. The van der Waals surface area contributed by atoms with Gasteiger partial charge in [0.2, 0.25) is 0 Å². The summed E-state index contributed by atoms with van der Waals surface area (Å²) in [6, 6.07) is 5.51. The van der Waals surface area contributed by atoms with E-state index in [0.29, 0.717) is 10.9 Å². The molecule has 1 aromatic carbocycles. The summed E-state index contributed by atoms with van der Waals surface area (Å²) in [7, 11) is 1.59. The van der Waals surface area contributed by atoms with Gasteiger partial charge in [-0.05, 0) is 40.8 Å². The maximum absolute atomic E-state index is 11.5. The second-order valence-electron chi connectivity index (χ2n) is 2.68. The first-order valence-electron chi connectivity index (χ1n) is 3.68. The zero-order valence-corrected chi connectivity index (χ0v) is 9.02. The van der Waals surface area contributed by atoms with E-state index in [1.807, 2.05) is 12.1 Å². The summed E-state index contributed by atoms with van der Waals surface area (Å²) in [6.07, 6.45) is 0. The van der Waals surface area contributed by atoms with Crippen molar-refractivity contribution in [3.8, 4) is 0 Å². The Morgan fingerprint density at radius 2 is 2.23 bits per heavy atom. The molecule has 0 saturated carbocycles. The van der Waals surface area contributed by atoms with E-state index in [-0.39, 0.29) is 5.56 Å². The van der Waals surface area contributed by atoms with Crippen LogP contribution in [0.15, 0.2) is 23.0 Å². The van der Waals surface area contributed by atoms with Crippen LogP contribution in [0.1, 0.15) is 0 Å². The second kappa shape index (κ2) is 3.06. The van der Waals surface area contributed by atoms with E-state index < -0.39 is 0 Å². The van der Waals surface area contributed by atoms with Crippen molar-refractivity contribution in [2.75, 3.05) is 0 Å². The van der Waals surface area contributed by atoms with Crippen LogP contribution in [0.3, 0.4) is 0 Å². The SMILES string of the molecule is Cn1nnc2ccc(I)cc2c1=O. The largest absolute Gasteiger partial charge is 0.277 e. The van der Waals surface area contributed by atoms with Gasteiger partial charge in [0.15, 0.2) is 0 Å². The summed E-state index contributed by atoms with van der Waals surface area (Å²) in [5.41, 5.74) is 0.534. The van der Waals surface area contributed by atoms with E-state index in [2.05, 4.69) is 32.9 Å². The van der Waals surface area contributed by atoms with Crippen LogP contribution < -0.4 is 5.56 Å². The molecule has 2 rings (SSSR count). The maximum atomic E-state index is 11.5. The number of hydrogen-bond donors (Lipinski definition) is 0. The minimum Gasteiger partial charge on any atom is -0.267 e. The van der Waals surface area contributed by atoms with E-state index in [9.17, 15) is 4.79 Å². The molecule has 0 amide bonds. The molecule has 66 valence electrons. The van der Waals surface area contributed by atoms with Crippen molar-refractivity contribution in [3.05, 3.63) is 32.1 Å². The first kappa shape index (κ1) is 8.61. The maximum Gasteiger partial charge on any atom is 0.277 e. The van der Waals surface area contributed by atoms with Gasteiger partial charge in [-0.25, -0.2) is 4.68 Å². The fourth-order valence-electron chi connectivity index (χ4n) is 1.10. The van der Waals surface area contributed by atoms with Crippen LogP contribution in [0.5, 0.6) is 0 Å². The first-order chi connectivity index (χ1) is 6.18. The molecule has 0 unspecified atom stereocenters. The van der Waals surface area contributed by atoms with Crippen LogP contribution in [0.4, 0.5) is 0 Å². The van der Waals surface area contributed by atoms with Gasteiger partial charge in [-0.2, -0.15) is 0 Å². The molecule has 0 aliphatic heterocycles. The van der Waals surface area contributed by atoms with Crippen molar-refractivity contribution in [3.63, 3.8) is 0 Å². The molecule has 4 nitrogen and oxygen atoms in total. The third-order valence-corrected chi connectivity index (χ3v) is 2.44. The highest BCUT2D eigenvalue weighted by atomic mass is 127. The van der Waals surface area contributed by atoms with Gasteiger partial charge in [-0.15, -0.1) is 5.10 Å². The molecule has 0 fully saturated rings. The van der Waals surface area contributed by atoms with Crippen molar-refractivity contribution in [1.29, 1.82) is 0 Å². The van der Waals surface area contributed by atoms with Crippen molar-refractivity contribution in [1.82, 2.24) is 15.0 Å². The quantitative estimate of drug-likeness (QED) is 0.677. The minimum atomic E-state index is -0.108. The lowest BCUT2D eigenvalue weighted by Gasteiger charge is -1.98. The fraction of sp³-hybridized carbons (Fsp3) is 0.125. The Labute approximate surface area is 87.7 Å². The number of benzene rings is 1. The molecule has 0 aliphatic rings. The molecule has 2 aromatic rings. The fourth-order valence-corrected chi connectivity index (χ4v) is 1.59. The number of rotatable bonds is 0. The van der Waals surface area contributed by atoms with E-state index in [1.54, 1.807) is 13.1 Å². The van der Waals surface area contributed by atoms with Crippen molar-refractivity contribution >= 4 is 33.5 Å². The van der Waals surface area contributed by atoms with Crippen LogP contribution in [-0.4, -0.2) is 15.0 Å². The van der Waals surface area contributed by atoms with E-state index in [0.717, 1.165) is 3.57 Å². The van der Waals surface area contributed by atoms with Gasteiger partial charge in [0, 0.05) is 10.6 Å². The molecule has 0 atom stereocenters. The monoisotopic (exact) mass is 287 g/mol. The molecular weight excluding hydrogens is 281 g/mol. The Kier molecular flexibility index (Phi) is 2.03. The van der Waals surface area contributed by atoms with Gasteiger partial charge >= 0.3 is 0 Å². The molecule has 1 heterocycles. The molecule has 0 spiro atoms. The van der Waals surface area contributed by atoms with E-state index in [4.69, 9.17) is 0 Å². The Hall–Kier alpha value is -0.980. The molecule has 0 aliphatic carbocycles. The Morgan fingerprint density at radius 3 is 3.00 bits per heavy atom. The first-order valence-corrected chi connectivity index (χ1v) is 4.75. The van der Waals surface area contributed by atoms with Crippen LogP contribution in [-0.2, 0) is 7.05 Å². The average Bonchev–Trinajstić information content (AvgIpc) is 2.12. The summed E-state index contributed by atoms with van der Waals surface area (Å²) in [4.78, 5) is 11.5. The van der Waals surface area contributed by atoms with Gasteiger partial charge in [-0.3, -0.25) is 4.79 Å². The average molecular weight is 287 g/mol. The third-order valence-electron chi connectivity index (χ3n) is 1.77. The number of nitrogens with zero attached hydrogens (tertiary/aromatic N) is 3. The highest BCUT2D eigenvalue weighted by Gasteiger charge is 2.02. The Balaban J connectivity index is 2.97. The van der Waals surface area contributed by atoms with Crippen LogP contribution in [0.2, 0.25) is 0 Å². The van der Waals surface area contributed by atoms with Crippen molar-refractivity contribution in [2.24, 2.45) is 7.05 Å². The number of aryl methyl sites for hydroxylation is 1. The molecule has 0 N–H and O–H groups in total. The Morgan fingerprint density at radius 1 is 1.46 bits per heavy atom. The van der Waals surface area contributed by atoms with Gasteiger partial charge in [-0.1, -0.05) is 5.21 Å². The highest BCUT2D eigenvalue weighted by molar-refractivity contribution is 14.1. The normalized spacial score (nSPS) is 10.6. The summed E-state index contributed by atoms with van der Waals surface area (Å²) in [5, 5.41) is 8.20. The summed E-state index contributed by atoms with van der Waals surface area (Å²) < 4.78 is 2.26. The van der Waals surface area contributed by atoms with Crippen LogP contribution in [0.25, 0.3) is 10.9 Å². The molecule has 5 heteroatoms. The van der Waals surface area contributed by atoms with E-state index >= 15 is 0 Å². The van der Waals surface area contributed by atoms with Crippen LogP contribution >= 0.6 is 22.6 Å². The zero-order valence-electron chi connectivity index (χ0n) is 6.86. The predicted molar refractivity (Wildman–Crippen MR) is 57.5 cm³/mol. The van der Waals surface area contributed by atoms with E-state index in [1.165, 1.54) is 4.68 Å². The minimum absolute atomic E-state index is 0.108. The molecule has 0 saturated heterocycles. The van der Waals surface area contributed by atoms with Crippen LogP contribution in [0, 0.1) is 3.57 Å². The molecule has 13 heavy (non-hydrogen) atoms. The van der Waals surface area contributed by atoms with Gasteiger partial charge < -0.3 is 0 Å². The Bertz CT molecular complexity index is 515. The lowest BCUT2D eigenvalue weighted by atomic mass is 10.2. The zero-order chi connectivity index (χ0) is 9.42. The highest BCUT2D eigenvalue weighted by Crippen LogP contribution is 2.10. The second-order valence-corrected chi connectivity index (χ2v) is 3.93. The van der Waals surface area contributed by atoms with Gasteiger partial charge in [0.1, 0.15) is 5.52 Å². The molecule has 0 bridgehead atoms. The lowest BCUT2D eigenvalue weighted by Crippen LogP contribution is -2.20. The predicted octanol–water partition coefficient (Wildman–Crippen LogP) is 0.933. The third kappa shape index (κ3) is 1.43. The standard InChI is InChI=1S/C8H6IN3O/c1-12-8(13)6-4-5(9)2-3-7(6)10-11-12/h2-4H,1H3. The summed E-state index contributed by atoms with van der Waals surface area (Å²) >= 11 is 2.16. The molecular formula is C8H6IN3O. The number of aromatic nitrogens is 3. The molecule has 0 radical (unpaired) electrons. The van der Waals surface area contributed by atoms with Crippen molar-refractivity contribution < 1.29 is 0 Å². The summed E-state index contributed by atoms with van der Waals surface area (Å²) in [6.45, 7) is 0. The number of halogens is 1. The smallest absolute Gasteiger partial charge is 0.267 e. The summed E-state index contributed by atoms with van der Waals surface area (Å²) in [5.74, 6) is 0. The van der Waals surface area contributed by atoms with Crippen molar-refractivity contribution in [2.45, 2.75) is 0 Å². The number of fused-ring (bicyclic) bond motifs is 1. The lowest BCUT2D eigenvalue weighted by molar-refractivity contribution is 0.656. The van der Waals surface area contributed by atoms with Gasteiger partial charge in [0.25, 0.3) is 5.56 Å². The topological polar surface area (TPSA) is 47.8 Å². The van der Waals surface area contributed by atoms with Gasteiger partial charge in [0.05, 0.1) is 5.39 Å². The number of hydrogen-bond acceptors (Lipinski definition) is 3.